The number of hydrogen-bond acceptors (Lipinski definition) is 13. The smallest absolute Gasteiger partial charge is 0.408 e. The fourth-order valence-electron chi connectivity index (χ4n) is 7.85. The number of nitrogens with one attached hydrogen (secondary N) is 3. The third-order valence-corrected chi connectivity index (χ3v) is 13.0. The number of carbonyl (C=O) groups is 4. The van der Waals surface area contributed by atoms with Gasteiger partial charge < -0.3 is 44.1 Å². The molecule has 0 spiro atoms. The number of sulfonamides is 1. The van der Waals surface area contributed by atoms with Gasteiger partial charge in [-0.3, -0.25) is 19.1 Å². The van der Waals surface area contributed by atoms with Crippen molar-refractivity contribution < 1.29 is 51.3 Å². The molecule has 2 aromatic rings. The molecule has 4 amide bonds. The minimum atomic E-state index is -3.90. The number of methoxy groups -OCH3 is 1. The molecular weight excluding hydrogens is 761 g/mol. The van der Waals surface area contributed by atoms with E-state index in [1.807, 2.05) is 18.2 Å². The highest BCUT2D eigenvalue weighted by Gasteiger charge is 2.62. The van der Waals surface area contributed by atoms with Crippen LogP contribution in [0.25, 0.3) is 10.8 Å². The normalized spacial score (nSPS) is 27.6. The van der Waals surface area contributed by atoms with Crippen LogP contribution in [0.15, 0.2) is 24.3 Å². The fourth-order valence-corrected chi connectivity index (χ4v) is 9.22. The minimum absolute atomic E-state index is 0.0249. The summed E-state index contributed by atoms with van der Waals surface area (Å²) in [7, 11) is -2.31. The zero-order valence-electron chi connectivity index (χ0n) is 33.0. The Bertz CT molecular complexity index is 1960. The Morgan fingerprint density at radius 1 is 1.00 bits per heavy atom. The van der Waals surface area contributed by atoms with Gasteiger partial charge in [-0.2, -0.15) is 4.98 Å². The molecule has 17 nitrogen and oxygen atoms in total. The van der Waals surface area contributed by atoms with Gasteiger partial charge in [0.2, 0.25) is 27.7 Å². The number of morpholine rings is 1. The Kier molecular flexibility index (Phi) is 11.8. The molecule has 1 aromatic carbocycles. The zero-order chi connectivity index (χ0) is 40.5. The van der Waals surface area contributed by atoms with E-state index in [0.29, 0.717) is 87.8 Å². The van der Waals surface area contributed by atoms with Crippen molar-refractivity contribution in [2.45, 2.75) is 107 Å². The number of fused-ring (bicyclic) bond motifs is 3. The van der Waals surface area contributed by atoms with E-state index in [0.717, 1.165) is 5.39 Å². The summed E-state index contributed by atoms with van der Waals surface area (Å²) in [4.78, 5) is 64.3. The number of carbonyl (C=O) groups excluding carboxylic acids is 4. The summed E-state index contributed by atoms with van der Waals surface area (Å²) in [6.07, 6.45) is 1.67. The Morgan fingerprint density at radius 2 is 1.75 bits per heavy atom. The average Bonchev–Trinajstić information content (AvgIpc) is 4.09. The molecule has 2 saturated carbocycles. The van der Waals surface area contributed by atoms with E-state index in [1.54, 1.807) is 33.9 Å². The van der Waals surface area contributed by atoms with Crippen LogP contribution in [0.3, 0.4) is 0 Å². The van der Waals surface area contributed by atoms with Crippen molar-refractivity contribution in [3.8, 4) is 11.6 Å². The van der Waals surface area contributed by atoms with Gasteiger partial charge in [-0.1, -0.05) is 6.42 Å². The molecule has 3 N–H and O–H groups in total. The van der Waals surface area contributed by atoms with Crippen molar-refractivity contribution >= 4 is 50.4 Å². The van der Waals surface area contributed by atoms with Crippen molar-refractivity contribution in [2.75, 3.05) is 58.1 Å². The summed E-state index contributed by atoms with van der Waals surface area (Å²) >= 11 is 0. The number of amides is 4. The quantitative estimate of drug-likeness (QED) is 0.351. The van der Waals surface area contributed by atoms with Crippen molar-refractivity contribution in [1.82, 2.24) is 25.2 Å². The molecule has 3 aliphatic heterocycles. The maximum Gasteiger partial charge on any atom is 0.408 e. The molecule has 2 aliphatic carbocycles. The van der Waals surface area contributed by atoms with Gasteiger partial charge in [0.15, 0.2) is 0 Å². The van der Waals surface area contributed by atoms with Gasteiger partial charge in [-0.15, -0.1) is 0 Å². The van der Waals surface area contributed by atoms with E-state index < -0.39 is 68.4 Å². The molecule has 0 radical (unpaired) electrons. The first-order valence-corrected chi connectivity index (χ1v) is 21.4. The second kappa shape index (κ2) is 16.4. The lowest BCUT2D eigenvalue weighted by Gasteiger charge is -2.30. The van der Waals surface area contributed by atoms with Gasteiger partial charge >= 0.3 is 6.09 Å². The summed E-state index contributed by atoms with van der Waals surface area (Å²) in [5, 5.41) is 6.50. The van der Waals surface area contributed by atoms with E-state index in [-0.39, 0.29) is 38.3 Å². The topological polar surface area (TPSA) is 204 Å². The molecule has 1 aromatic heterocycles. The van der Waals surface area contributed by atoms with Crippen LogP contribution in [0.5, 0.6) is 11.6 Å². The van der Waals surface area contributed by atoms with Crippen LogP contribution in [-0.4, -0.2) is 130 Å². The Balaban J connectivity index is 1.21. The number of alkyl carbamates (subject to hydrolysis) is 1. The highest BCUT2D eigenvalue weighted by Crippen LogP contribution is 2.48. The lowest BCUT2D eigenvalue weighted by atomic mass is 10.1. The predicted octanol–water partition coefficient (Wildman–Crippen LogP) is 2.40. The minimum Gasteiger partial charge on any atom is -0.497 e. The highest BCUT2D eigenvalue weighted by atomic mass is 32.2. The molecule has 7 rings (SSSR count). The summed E-state index contributed by atoms with van der Waals surface area (Å²) in [6.45, 7) is 7.96. The van der Waals surface area contributed by atoms with Crippen LogP contribution in [-0.2, 0) is 38.6 Å². The van der Waals surface area contributed by atoms with Crippen LogP contribution < -0.4 is 29.7 Å². The standard InChI is InChI=1S/C39H54N6O11S/c1-38(2,3)56-37(49)40-30-12-16-53-15-6-5-7-25-22-39(25,36(48)43-57(50,51)28-9-10-28)42-33(46)31-21-27(23-45(31)35(30)47)55-34-29-11-8-26(52-4)19-24(29)20-32(41-34)44-13-17-54-18-14-44/h8,11,19-20,25,27-28,30-31H,5-7,9-10,12-18,21-23H2,1-4H3,(H,40,49)(H,42,46)(H,43,48)/t25-,27-,30+,31+,39-/m1/s1. The number of rotatable bonds is 8. The Labute approximate surface area is 332 Å². The molecule has 3 saturated heterocycles. The molecule has 5 aliphatic rings. The first kappa shape index (κ1) is 40.8. The van der Waals surface area contributed by atoms with E-state index in [2.05, 4.69) is 20.3 Å². The second-order valence-electron chi connectivity index (χ2n) is 16.6. The largest absolute Gasteiger partial charge is 0.497 e. The lowest BCUT2D eigenvalue weighted by molar-refractivity contribution is -0.141. The molecule has 5 atom stereocenters. The SMILES string of the molecule is COc1ccc2c(O[C@@H]3C[C@H]4C(=O)N[C@]5(C(=O)NS(=O)(=O)C6CC6)C[C@H]5CCCCOCC[C@H](NC(=O)OC(C)(C)C)C(=O)N4C3)nc(N3CCOCC3)cc2c1. The molecule has 0 bridgehead atoms. The van der Waals surface area contributed by atoms with Crippen molar-refractivity contribution in [3.63, 3.8) is 0 Å². The number of hydrogen-bond donors (Lipinski definition) is 3. The number of nitrogens with zero attached hydrogens (tertiary/aromatic N) is 3. The molecule has 0 unspecified atom stereocenters. The fraction of sp³-hybridized carbons (Fsp3) is 0.667. The van der Waals surface area contributed by atoms with Gasteiger partial charge in [-0.05, 0) is 88.4 Å². The molecule has 57 heavy (non-hydrogen) atoms. The van der Waals surface area contributed by atoms with Crippen LogP contribution in [0.1, 0.15) is 72.1 Å². The van der Waals surface area contributed by atoms with E-state index >= 15 is 0 Å². The van der Waals surface area contributed by atoms with Crippen molar-refractivity contribution in [2.24, 2.45) is 5.92 Å². The highest BCUT2D eigenvalue weighted by molar-refractivity contribution is 7.91. The van der Waals surface area contributed by atoms with Crippen LogP contribution in [0.4, 0.5) is 10.6 Å². The third-order valence-electron chi connectivity index (χ3n) is 11.1. The van der Waals surface area contributed by atoms with Crippen LogP contribution in [0.2, 0.25) is 0 Å². The van der Waals surface area contributed by atoms with Crippen LogP contribution in [0, 0.1) is 5.92 Å². The number of pyridine rings is 1. The molecule has 18 heteroatoms. The Hall–Kier alpha value is -4.42. The number of anilines is 1. The summed E-state index contributed by atoms with van der Waals surface area (Å²) < 4.78 is 57.1. The van der Waals surface area contributed by atoms with E-state index in [1.165, 1.54) is 4.90 Å². The van der Waals surface area contributed by atoms with Gasteiger partial charge in [-0.25, -0.2) is 13.2 Å². The summed E-state index contributed by atoms with van der Waals surface area (Å²) in [6, 6.07) is 5.23. The molecule has 312 valence electrons. The molecular formula is C39H54N6O11S. The van der Waals surface area contributed by atoms with E-state index in [4.69, 9.17) is 28.7 Å². The first-order chi connectivity index (χ1) is 27.2. The lowest BCUT2D eigenvalue weighted by Crippen LogP contribution is -2.58. The maximum atomic E-state index is 14.6. The van der Waals surface area contributed by atoms with Gasteiger partial charge in [0, 0.05) is 44.5 Å². The number of benzene rings is 1. The number of ether oxygens (including phenoxy) is 5. The first-order valence-electron chi connectivity index (χ1n) is 19.9. The van der Waals surface area contributed by atoms with Gasteiger partial charge in [0.05, 0.1) is 32.1 Å². The van der Waals surface area contributed by atoms with Crippen molar-refractivity contribution in [1.29, 1.82) is 0 Å². The average molecular weight is 815 g/mol. The van der Waals surface area contributed by atoms with Gasteiger partial charge in [0.1, 0.15) is 40.9 Å². The Morgan fingerprint density at radius 3 is 2.47 bits per heavy atom. The maximum absolute atomic E-state index is 14.6. The monoisotopic (exact) mass is 814 g/mol. The summed E-state index contributed by atoms with van der Waals surface area (Å²) in [5.41, 5.74) is -2.30. The molecule has 5 fully saturated rings. The zero-order valence-corrected chi connectivity index (χ0v) is 33.9. The van der Waals surface area contributed by atoms with E-state index in [9.17, 15) is 27.6 Å². The number of aromatic nitrogens is 1. The van der Waals surface area contributed by atoms with Crippen molar-refractivity contribution in [3.05, 3.63) is 24.3 Å². The van der Waals surface area contributed by atoms with Gasteiger partial charge in [0.25, 0.3) is 5.91 Å². The second-order valence-corrected chi connectivity index (χ2v) is 18.5. The van der Waals surface area contributed by atoms with Crippen LogP contribution >= 0.6 is 0 Å². The summed E-state index contributed by atoms with van der Waals surface area (Å²) in [5.74, 6) is -0.637. The third kappa shape index (κ3) is 9.49. The predicted molar refractivity (Wildman–Crippen MR) is 207 cm³/mol. The molecule has 4 heterocycles.